The highest BCUT2D eigenvalue weighted by atomic mass is 32.2. The molecule has 112 valence electrons. The normalized spacial score (nSPS) is 15.9. The number of hydrogen-bond acceptors (Lipinski definition) is 4. The van der Waals surface area contributed by atoms with E-state index < -0.39 is 10.0 Å². The SMILES string of the molecule is O=S(=O)(Cc1ccc(CO)cc1)N1CCc2sccc2C1. The van der Waals surface area contributed by atoms with E-state index in [0.717, 1.165) is 23.1 Å². The van der Waals surface area contributed by atoms with Crippen LogP contribution in [0.4, 0.5) is 0 Å². The number of benzene rings is 1. The van der Waals surface area contributed by atoms with Crippen molar-refractivity contribution in [2.24, 2.45) is 0 Å². The van der Waals surface area contributed by atoms with Gasteiger partial charge in [-0.05, 0) is 34.6 Å². The average molecular weight is 323 g/mol. The molecule has 0 fully saturated rings. The molecule has 0 amide bonds. The molecule has 3 rings (SSSR count). The number of thiophene rings is 1. The minimum absolute atomic E-state index is 0.0121. The van der Waals surface area contributed by atoms with Crippen LogP contribution in [0.25, 0.3) is 0 Å². The van der Waals surface area contributed by atoms with Crippen LogP contribution in [0.3, 0.4) is 0 Å². The van der Waals surface area contributed by atoms with Crippen LogP contribution >= 0.6 is 11.3 Å². The summed E-state index contributed by atoms with van der Waals surface area (Å²) in [5, 5.41) is 11.0. The lowest BCUT2D eigenvalue weighted by molar-refractivity contribution is 0.282. The van der Waals surface area contributed by atoms with Gasteiger partial charge in [-0.2, -0.15) is 4.31 Å². The molecule has 2 heterocycles. The van der Waals surface area contributed by atoms with E-state index in [1.807, 2.05) is 11.4 Å². The van der Waals surface area contributed by atoms with E-state index in [0.29, 0.717) is 13.1 Å². The van der Waals surface area contributed by atoms with E-state index in [2.05, 4.69) is 0 Å². The number of rotatable bonds is 4. The first-order valence-corrected chi connectivity index (χ1v) is 9.29. The van der Waals surface area contributed by atoms with E-state index in [1.54, 1.807) is 39.9 Å². The van der Waals surface area contributed by atoms with E-state index in [4.69, 9.17) is 5.11 Å². The first-order chi connectivity index (χ1) is 10.1. The standard InChI is InChI=1S/C15H17NO3S2/c17-10-12-1-3-13(4-2-12)11-21(18,19)16-7-5-15-14(9-16)6-8-20-15/h1-4,6,8,17H,5,7,9-11H2. The Kier molecular flexibility index (Phi) is 4.12. The lowest BCUT2D eigenvalue weighted by Gasteiger charge is -2.26. The van der Waals surface area contributed by atoms with Gasteiger partial charge in [0.2, 0.25) is 10.0 Å². The Morgan fingerprint density at radius 3 is 2.57 bits per heavy atom. The Morgan fingerprint density at radius 1 is 1.14 bits per heavy atom. The molecule has 2 aromatic rings. The quantitative estimate of drug-likeness (QED) is 0.938. The second kappa shape index (κ2) is 5.88. The number of nitrogens with zero attached hydrogens (tertiary/aromatic N) is 1. The molecule has 0 saturated heterocycles. The molecule has 4 nitrogen and oxygen atoms in total. The van der Waals surface area contributed by atoms with Crippen molar-refractivity contribution in [2.45, 2.75) is 25.3 Å². The predicted molar refractivity (Wildman–Crippen MR) is 83.4 cm³/mol. The Hall–Kier alpha value is -1.21. The molecule has 1 aromatic carbocycles. The number of aliphatic hydroxyl groups excluding tert-OH is 1. The van der Waals surface area contributed by atoms with Crippen molar-refractivity contribution in [1.29, 1.82) is 0 Å². The maximum Gasteiger partial charge on any atom is 0.218 e. The van der Waals surface area contributed by atoms with Crippen LogP contribution < -0.4 is 0 Å². The summed E-state index contributed by atoms with van der Waals surface area (Å²) >= 11 is 1.70. The van der Waals surface area contributed by atoms with Crippen molar-refractivity contribution >= 4 is 21.4 Å². The maximum atomic E-state index is 12.5. The van der Waals surface area contributed by atoms with Crippen LogP contribution in [0.15, 0.2) is 35.7 Å². The number of sulfonamides is 1. The third-order valence-corrected chi connectivity index (χ3v) is 6.54. The topological polar surface area (TPSA) is 57.6 Å². The summed E-state index contributed by atoms with van der Waals surface area (Å²) in [6.45, 7) is 1.01. The molecule has 0 radical (unpaired) electrons. The Balaban J connectivity index is 1.75. The van der Waals surface area contributed by atoms with E-state index >= 15 is 0 Å². The van der Waals surface area contributed by atoms with Gasteiger partial charge in [0.15, 0.2) is 0 Å². The molecule has 0 atom stereocenters. The summed E-state index contributed by atoms with van der Waals surface area (Å²) < 4.78 is 26.6. The number of aliphatic hydroxyl groups is 1. The average Bonchev–Trinajstić information content (AvgIpc) is 2.95. The zero-order chi connectivity index (χ0) is 14.9. The van der Waals surface area contributed by atoms with Gasteiger partial charge in [0, 0.05) is 18.0 Å². The molecule has 6 heteroatoms. The molecule has 1 aliphatic rings. The minimum atomic E-state index is -3.30. The van der Waals surface area contributed by atoms with Gasteiger partial charge < -0.3 is 5.11 Å². The van der Waals surface area contributed by atoms with Gasteiger partial charge in [0.25, 0.3) is 0 Å². The fraction of sp³-hybridized carbons (Fsp3) is 0.333. The molecule has 1 aromatic heterocycles. The van der Waals surface area contributed by atoms with Gasteiger partial charge in [0.1, 0.15) is 0 Å². The lowest BCUT2D eigenvalue weighted by Crippen LogP contribution is -2.36. The summed E-state index contributed by atoms with van der Waals surface area (Å²) in [5.41, 5.74) is 2.67. The highest BCUT2D eigenvalue weighted by molar-refractivity contribution is 7.88. The number of fused-ring (bicyclic) bond motifs is 1. The van der Waals surface area contributed by atoms with Crippen molar-refractivity contribution < 1.29 is 13.5 Å². The molecule has 0 saturated carbocycles. The highest BCUT2D eigenvalue weighted by Gasteiger charge is 2.27. The van der Waals surface area contributed by atoms with Gasteiger partial charge in [-0.15, -0.1) is 11.3 Å². The van der Waals surface area contributed by atoms with Crippen molar-refractivity contribution in [3.63, 3.8) is 0 Å². The molecule has 0 aliphatic carbocycles. The summed E-state index contributed by atoms with van der Waals surface area (Å²) in [5.74, 6) is 0.0121. The van der Waals surface area contributed by atoms with Gasteiger partial charge in [0.05, 0.1) is 12.4 Å². The summed E-state index contributed by atoms with van der Waals surface area (Å²) in [6, 6.07) is 9.07. The lowest BCUT2D eigenvalue weighted by atomic mass is 10.1. The largest absolute Gasteiger partial charge is 0.392 e. The molecular weight excluding hydrogens is 306 g/mol. The summed E-state index contributed by atoms with van der Waals surface area (Å²) in [4.78, 5) is 1.30. The van der Waals surface area contributed by atoms with E-state index in [1.165, 1.54) is 4.88 Å². The van der Waals surface area contributed by atoms with Crippen LogP contribution in [0.5, 0.6) is 0 Å². The smallest absolute Gasteiger partial charge is 0.218 e. The fourth-order valence-electron chi connectivity index (χ4n) is 2.50. The zero-order valence-corrected chi connectivity index (χ0v) is 13.2. The van der Waals surface area contributed by atoms with Crippen LogP contribution in [0.2, 0.25) is 0 Å². The van der Waals surface area contributed by atoms with Gasteiger partial charge in [-0.3, -0.25) is 0 Å². The zero-order valence-electron chi connectivity index (χ0n) is 11.5. The van der Waals surface area contributed by atoms with Crippen LogP contribution in [0.1, 0.15) is 21.6 Å². The van der Waals surface area contributed by atoms with Gasteiger partial charge in [-0.1, -0.05) is 24.3 Å². The predicted octanol–water partition coefficient (Wildman–Crippen LogP) is 2.13. The Morgan fingerprint density at radius 2 is 1.86 bits per heavy atom. The molecule has 1 aliphatic heterocycles. The summed E-state index contributed by atoms with van der Waals surface area (Å²) in [6.07, 6.45) is 0.801. The second-order valence-corrected chi connectivity index (χ2v) is 8.15. The molecular formula is C15H17NO3S2. The maximum absolute atomic E-state index is 12.5. The van der Waals surface area contributed by atoms with Crippen LogP contribution in [0, 0.1) is 0 Å². The molecule has 0 bridgehead atoms. The summed E-state index contributed by atoms with van der Waals surface area (Å²) in [7, 11) is -3.30. The third-order valence-electron chi connectivity index (χ3n) is 3.72. The van der Waals surface area contributed by atoms with Crippen LogP contribution in [-0.4, -0.2) is 24.4 Å². The van der Waals surface area contributed by atoms with Gasteiger partial charge in [-0.25, -0.2) is 8.42 Å². The molecule has 1 N–H and O–H groups in total. The monoisotopic (exact) mass is 323 g/mol. The van der Waals surface area contributed by atoms with Crippen molar-refractivity contribution in [2.75, 3.05) is 6.54 Å². The fourth-order valence-corrected chi connectivity index (χ4v) is 4.89. The van der Waals surface area contributed by atoms with Gasteiger partial charge >= 0.3 is 0 Å². The van der Waals surface area contributed by atoms with E-state index in [-0.39, 0.29) is 12.4 Å². The van der Waals surface area contributed by atoms with Crippen LogP contribution in [-0.2, 0) is 35.3 Å². The third kappa shape index (κ3) is 3.18. The van der Waals surface area contributed by atoms with Crippen molar-refractivity contribution in [1.82, 2.24) is 4.31 Å². The Labute approximate surface area is 128 Å². The molecule has 0 spiro atoms. The number of hydrogen-bond donors (Lipinski definition) is 1. The van der Waals surface area contributed by atoms with E-state index in [9.17, 15) is 8.42 Å². The first-order valence-electron chi connectivity index (χ1n) is 6.80. The minimum Gasteiger partial charge on any atom is -0.392 e. The van der Waals surface area contributed by atoms with Crippen molar-refractivity contribution in [3.05, 3.63) is 57.3 Å². The molecule has 21 heavy (non-hydrogen) atoms. The van der Waals surface area contributed by atoms with Crippen molar-refractivity contribution in [3.8, 4) is 0 Å². The molecule has 0 unspecified atom stereocenters. The first kappa shape index (κ1) is 14.7. The second-order valence-electron chi connectivity index (χ2n) is 5.18. The Bertz CT molecular complexity index is 720. The highest BCUT2D eigenvalue weighted by Crippen LogP contribution is 2.26.